The Morgan fingerprint density at radius 3 is 2.62 bits per heavy atom. The fraction of sp³-hybridized carbons (Fsp3) is 0.136. The van der Waals surface area contributed by atoms with Crippen LogP contribution >= 0.6 is 11.8 Å². The molecule has 1 N–H and O–H groups in total. The zero-order chi connectivity index (χ0) is 20.1. The summed E-state index contributed by atoms with van der Waals surface area (Å²) in [6, 6.07) is 21.4. The Kier molecular flexibility index (Phi) is 5.76. The van der Waals surface area contributed by atoms with Gasteiger partial charge in [0.2, 0.25) is 5.91 Å². The van der Waals surface area contributed by atoms with Gasteiger partial charge in [-0.3, -0.25) is 4.79 Å². The predicted molar refractivity (Wildman–Crippen MR) is 115 cm³/mol. The minimum Gasteiger partial charge on any atom is -0.467 e. The molecular formula is C22H20N4O2S. The molecule has 146 valence electrons. The van der Waals surface area contributed by atoms with E-state index >= 15 is 0 Å². The Balaban J connectivity index is 1.50. The highest BCUT2D eigenvalue weighted by Crippen LogP contribution is 2.27. The summed E-state index contributed by atoms with van der Waals surface area (Å²) in [7, 11) is 1.76. The number of rotatable bonds is 7. The first-order chi connectivity index (χ1) is 14.2. The van der Waals surface area contributed by atoms with Crippen LogP contribution in [-0.2, 0) is 11.3 Å². The molecule has 0 saturated carbocycles. The van der Waals surface area contributed by atoms with E-state index in [0.717, 1.165) is 28.2 Å². The van der Waals surface area contributed by atoms with Gasteiger partial charge in [-0.25, -0.2) is 9.97 Å². The van der Waals surface area contributed by atoms with Gasteiger partial charge in [0.15, 0.2) is 5.16 Å². The number of amides is 1. The van der Waals surface area contributed by atoms with E-state index in [4.69, 9.17) is 4.42 Å². The molecule has 0 aliphatic carbocycles. The quantitative estimate of drug-likeness (QED) is 0.355. The lowest BCUT2D eigenvalue weighted by molar-refractivity contribution is -0.127. The predicted octanol–water partition coefficient (Wildman–Crippen LogP) is 4.72. The number of nitrogens with one attached hydrogen (secondary N) is 1. The van der Waals surface area contributed by atoms with Gasteiger partial charge < -0.3 is 14.6 Å². The fourth-order valence-corrected chi connectivity index (χ4v) is 3.63. The number of furan rings is 1. The van der Waals surface area contributed by atoms with E-state index in [9.17, 15) is 4.79 Å². The van der Waals surface area contributed by atoms with Crippen LogP contribution in [0, 0.1) is 0 Å². The second kappa shape index (κ2) is 8.79. The van der Waals surface area contributed by atoms with Crippen LogP contribution in [0.15, 0.2) is 82.6 Å². The topological polar surface area (TPSA) is 71.3 Å². The van der Waals surface area contributed by atoms with Crippen LogP contribution in [0.3, 0.4) is 0 Å². The second-order valence-electron chi connectivity index (χ2n) is 6.48. The molecule has 0 fully saturated rings. The third-order valence-electron chi connectivity index (χ3n) is 4.34. The molecule has 2 heterocycles. The van der Waals surface area contributed by atoms with E-state index in [1.165, 1.54) is 11.8 Å². The van der Waals surface area contributed by atoms with Crippen molar-refractivity contribution in [3.63, 3.8) is 0 Å². The van der Waals surface area contributed by atoms with Crippen molar-refractivity contribution in [1.82, 2.24) is 14.9 Å². The number of anilines is 2. The first-order valence-electron chi connectivity index (χ1n) is 9.17. The zero-order valence-electron chi connectivity index (χ0n) is 15.9. The van der Waals surface area contributed by atoms with Gasteiger partial charge in [-0.2, -0.15) is 0 Å². The van der Waals surface area contributed by atoms with E-state index < -0.39 is 0 Å². The minimum absolute atomic E-state index is 0.0132. The van der Waals surface area contributed by atoms with Crippen LogP contribution in [0.4, 0.5) is 11.5 Å². The lowest BCUT2D eigenvalue weighted by Gasteiger charge is -2.15. The number of fused-ring (bicyclic) bond motifs is 1. The van der Waals surface area contributed by atoms with Gasteiger partial charge in [0.25, 0.3) is 0 Å². The number of aromatic nitrogens is 2. The van der Waals surface area contributed by atoms with Crippen molar-refractivity contribution in [3.05, 3.63) is 78.8 Å². The molecule has 29 heavy (non-hydrogen) atoms. The molecule has 0 radical (unpaired) electrons. The molecule has 4 aromatic rings. The molecule has 0 aliphatic heterocycles. The third-order valence-corrected chi connectivity index (χ3v) is 5.17. The monoisotopic (exact) mass is 404 g/mol. The van der Waals surface area contributed by atoms with Crippen LogP contribution in [0.1, 0.15) is 5.76 Å². The summed E-state index contributed by atoms with van der Waals surface area (Å²) in [6.45, 7) is 0.436. The number of thioether (sulfide) groups is 1. The van der Waals surface area contributed by atoms with E-state index in [-0.39, 0.29) is 11.7 Å². The first kappa shape index (κ1) is 19.0. The number of carbonyl (C=O) groups excluding carboxylic acids is 1. The highest BCUT2D eigenvalue weighted by molar-refractivity contribution is 7.99. The van der Waals surface area contributed by atoms with Crippen LogP contribution < -0.4 is 5.32 Å². The number of benzene rings is 2. The van der Waals surface area contributed by atoms with Crippen LogP contribution in [0.5, 0.6) is 0 Å². The van der Waals surface area contributed by atoms with Crippen molar-refractivity contribution >= 4 is 40.1 Å². The highest BCUT2D eigenvalue weighted by Gasteiger charge is 2.14. The Bertz CT molecular complexity index is 1100. The van der Waals surface area contributed by atoms with E-state index in [2.05, 4.69) is 15.3 Å². The summed E-state index contributed by atoms with van der Waals surface area (Å²) < 4.78 is 5.30. The first-order valence-corrected chi connectivity index (χ1v) is 10.2. The number of hydrogen-bond donors (Lipinski definition) is 1. The molecule has 0 atom stereocenters. The normalized spacial score (nSPS) is 10.8. The molecule has 0 spiro atoms. The summed E-state index contributed by atoms with van der Waals surface area (Å²) in [4.78, 5) is 23.4. The Hall–Kier alpha value is -3.32. The largest absolute Gasteiger partial charge is 0.467 e. The average Bonchev–Trinajstić information content (AvgIpc) is 3.26. The molecule has 2 aromatic carbocycles. The van der Waals surface area contributed by atoms with Gasteiger partial charge in [0, 0.05) is 18.1 Å². The van der Waals surface area contributed by atoms with Crippen molar-refractivity contribution in [2.45, 2.75) is 11.7 Å². The lowest BCUT2D eigenvalue weighted by Crippen LogP contribution is -2.27. The van der Waals surface area contributed by atoms with Gasteiger partial charge in [0.05, 0.1) is 24.1 Å². The van der Waals surface area contributed by atoms with Crippen LogP contribution in [0.25, 0.3) is 10.9 Å². The molecule has 1 amide bonds. The molecular weight excluding hydrogens is 384 g/mol. The summed E-state index contributed by atoms with van der Waals surface area (Å²) >= 11 is 1.32. The third kappa shape index (κ3) is 4.75. The summed E-state index contributed by atoms with van der Waals surface area (Å²) in [5.74, 6) is 1.71. The maximum absolute atomic E-state index is 12.5. The second-order valence-corrected chi connectivity index (χ2v) is 7.42. The molecule has 0 saturated heterocycles. The SMILES string of the molecule is CN(Cc1ccco1)C(=O)CSc1nc(Nc2ccccc2)c2ccccc2n1. The smallest absolute Gasteiger partial charge is 0.233 e. The summed E-state index contributed by atoms with van der Waals surface area (Å²) in [5.41, 5.74) is 1.78. The number of para-hydroxylation sites is 2. The van der Waals surface area contributed by atoms with Crippen molar-refractivity contribution in [3.8, 4) is 0 Å². The Labute approximate surface area is 173 Å². The van der Waals surface area contributed by atoms with Crippen molar-refractivity contribution in [2.75, 3.05) is 18.1 Å². The number of hydrogen-bond acceptors (Lipinski definition) is 6. The highest BCUT2D eigenvalue weighted by atomic mass is 32.2. The van der Waals surface area contributed by atoms with Crippen LogP contribution in [0.2, 0.25) is 0 Å². The van der Waals surface area contributed by atoms with Gasteiger partial charge >= 0.3 is 0 Å². The molecule has 2 aromatic heterocycles. The zero-order valence-corrected chi connectivity index (χ0v) is 16.7. The summed E-state index contributed by atoms with van der Waals surface area (Å²) in [6.07, 6.45) is 1.60. The van der Waals surface area contributed by atoms with Gasteiger partial charge in [-0.05, 0) is 36.4 Å². The van der Waals surface area contributed by atoms with Crippen molar-refractivity contribution in [1.29, 1.82) is 0 Å². The summed E-state index contributed by atoms with van der Waals surface area (Å²) in [5, 5.41) is 4.84. The molecule has 6 nitrogen and oxygen atoms in total. The Morgan fingerprint density at radius 1 is 1.03 bits per heavy atom. The molecule has 0 aliphatic rings. The molecule has 4 rings (SSSR count). The average molecular weight is 404 g/mol. The number of nitrogens with zero attached hydrogens (tertiary/aromatic N) is 3. The van der Waals surface area contributed by atoms with Crippen LogP contribution in [-0.4, -0.2) is 33.6 Å². The van der Waals surface area contributed by atoms with E-state index in [1.54, 1.807) is 18.2 Å². The standard InChI is InChI=1S/C22H20N4O2S/c1-26(14-17-10-7-13-28-17)20(27)15-29-22-24-19-12-6-5-11-18(19)21(25-22)23-16-8-3-2-4-9-16/h2-13H,14-15H2,1H3,(H,23,24,25). The van der Waals surface area contributed by atoms with Gasteiger partial charge in [-0.1, -0.05) is 42.1 Å². The van der Waals surface area contributed by atoms with Crippen molar-refractivity contribution < 1.29 is 9.21 Å². The van der Waals surface area contributed by atoms with Gasteiger partial charge in [-0.15, -0.1) is 0 Å². The molecule has 0 bridgehead atoms. The molecule has 0 unspecified atom stereocenters. The minimum atomic E-state index is -0.0132. The maximum atomic E-state index is 12.5. The fourth-order valence-electron chi connectivity index (χ4n) is 2.83. The Morgan fingerprint density at radius 2 is 1.83 bits per heavy atom. The maximum Gasteiger partial charge on any atom is 0.233 e. The lowest BCUT2D eigenvalue weighted by atomic mass is 10.2. The molecule has 7 heteroatoms. The van der Waals surface area contributed by atoms with E-state index in [0.29, 0.717) is 11.7 Å². The van der Waals surface area contributed by atoms with E-state index in [1.807, 2.05) is 66.7 Å². The van der Waals surface area contributed by atoms with Gasteiger partial charge in [0.1, 0.15) is 11.6 Å². The number of carbonyl (C=O) groups is 1. The van der Waals surface area contributed by atoms with Crippen molar-refractivity contribution in [2.24, 2.45) is 0 Å².